The van der Waals surface area contributed by atoms with Crippen molar-refractivity contribution in [3.05, 3.63) is 35.9 Å². The molecule has 0 bridgehead atoms. The van der Waals surface area contributed by atoms with Gasteiger partial charge in [0.2, 0.25) is 0 Å². The van der Waals surface area contributed by atoms with Crippen molar-refractivity contribution < 1.29 is 4.74 Å². The van der Waals surface area contributed by atoms with Crippen LogP contribution in [0.15, 0.2) is 30.3 Å². The van der Waals surface area contributed by atoms with Crippen molar-refractivity contribution in [2.24, 2.45) is 0 Å². The average molecular weight is 233 g/mol. The summed E-state index contributed by atoms with van der Waals surface area (Å²) in [5, 5.41) is 0. The summed E-state index contributed by atoms with van der Waals surface area (Å²) in [7, 11) is 2.19. The maximum absolute atomic E-state index is 6.25. The Kier molecular flexibility index (Phi) is 4.57. The molecule has 2 heteroatoms. The lowest BCUT2D eigenvalue weighted by molar-refractivity contribution is -0.0426. The Bertz CT molecular complexity index is 317. The van der Waals surface area contributed by atoms with Crippen LogP contribution in [0.1, 0.15) is 37.9 Å². The van der Waals surface area contributed by atoms with E-state index in [2.05, 4.69) is 49.2 Å². The normalized spacial score (nSPS) is 20.4. The largest absolute Gasteiger partial charge is 0.370 e. The van der Waals surface area contributed by atoms with Crippen molar-refractivity contribution in [1.82, 2.24) is 4.90 Å². The lowest BCUT2D eigenvalue weighted by Gasteiger charge is -2.31. The minimum atomic E-state index is 0.268. The van der Waals surface area contributed by atoms with E-state index in [4.69, 9.17) is 4.74 Å². The number of ether oxygens (including phenoxy) is 1. The summed E-state index contributed by atoms with van der Waals surface area (Å²) in [5.41, 5.74) is 1.31. The topological polar surface area (TPSA) is 12.5 Å². The number of rotatable bonds is 4. The average Bonchev–Trinajstić information content (AvgIpc) is 2.39. The molecule has 0 radical (unpaired) electrons. The fraction of sp³-hybridized carbons (Fsp3) is 0.600. The Morgan fingerprint density at radius 2 is 1.88 bits per heavy atom. The van der Waals surface area contributed by atoms with Gasteiger partial charge in [0.05, 0.1) is 12.2 Å². The first-order valence-corrected chi connectivity index (χ1v) is 6.68. The molecule has 1 fully saturated rings. The summed E-state index contributed by atoms with van der Waals surface area (Å²) in [6, 6.07) is 10.6. The summed E-state index contributed by atoms with van der Waals surface area (Å²) in [6.07, 6.45) is 4.09. The Hall–Kier alpha value is -0.860. The van der Waals surface area contributed by atoms with E-state index in [9.17, 15) is 0 Å². The van der Waals surface area contributed by atoms with E-state index in [0.29, 0.717) is 6.10 Å². The minimum absolute atomic E-state index is 0.268. The quantitative estimate of drug-likeness (QED) is 0.791. The molecule has 0 aromatic heterocycles. The van der Waals surface area contributed by atoms with Gasteiger partial charge in [-0.25, -0.2) is 0 Å². The van der Waals surface area contributed by atoms with Crippen molar-refractivity contribution in [2.75, 3.05) is 20.1 Å². The molecule has 2 rings (SSSR count). The third-order valence-electron chi connectivity index (χ3n) is 3.56. The summed E-state index contributed by atoms with van der Waals surface area (Å²) in [5.74, 6) is 0. The number of nitrogens with zero attached hydrogens (tertiary/aromatic N) is 1. The fourth-order valence-corrected chi connectivity index (χ4v) is 2.43. The van der Waals surface area contributed by atoms with Crippen molar-refractivity contribution in [3.8, 4) is 0 Å². The van der Waals surface area contributed by atoms with Crippen LogP contribution in [-0.4, -0.2) is 31.1 Å². The smallest absolute Gasteiger partial charge is 0.0826 e. The van der Waals surface area contributed by atoms with Gasteiger partial charge in [0.25, 0.3) is 0 Å². The molecule has 0 saturated carbocycles. The van der Waals surface area contributed by atoms with E-state index < -0.39 is 0 Å². The zero-order valence-corrected chi connectivity index (χ0v) is 10.9. The molecule has 1 aromatic carbocycles. The van der Waals surface area contributed by atoms with Gasteiger partial charge >= 0.3 is 0 Å². The first kappa shape index (κ1) is 12.6. The highest BCUT2D eigenvalue weighted by atomic mass is 16.5. The summed E-state index contributed by atoms with van der Waals surface area (Å²) >= 11 is 0. The van der Waals surface area contributed by atoms with Crippen LogP contribution in [0.25, 0.3) is 0 Å². The number of likely N-dealkylation sites (tertiary alicyclic amines) is 1. The van der Waals surface area contributed by atoms with E-state index in [1.54, 1.807) is 0 Å². The van der Waals surface area contributed by atoms with Crippen LogP contribution in [0.2, 0.25) is 0 Å². The van der Waals surface area contributed by atoms with E-state index in [-0.39, 0.29) is 6.10 Å². The van der Waals surface area contributed by atoms with Crippen LogP contribution in [0.4, 0.5) is 0 Å². The fourth-order valence-electron chi connectivity index (χ4n) is 2.43. The molecule has 1 unspecified atom stereocenters. The van der Waals surface area contributed by atoms with Gasteiger partial charge < -0.3 is 9.64 Å². The summed E-state index contributed by atoms with van der Waals surface area (Å²) in [4.78, 5) is 2.38. The molecular formula is C15H23NO. The highest BCUT2D eigenvalue weighted by Gasteiger charge is 2.21. The van der Waals surface area contributed by atoms with Crippen molar-refractivity contribution in [1.29, 1.82) is 0 Å². The Balaban J connectivity index is 1.92. The van der Waals surface area contributed by atoms with Gasteiger partial charge in [-0.2, -0.15) is 0 Å². The van der Waals surface area contributed by atoms with Crippen molar-refractivity contribution in [2.45, 2.75) is 38.4 Å². The third-order valence-corrected chi connectivity index (χ3v) is 3.56. The second-order valence-corrected chi connectivity index (χ2v) is 4.95. The monoisotopic (exact) mass is 233 g/mol. The molecule has 1 saturated heterocycles. The second-order valence-electron chi connectivity index (χ2n) is 4.95. The molecule has 1 atom stereocenters. The molecule has 0 aliphatic carbocycles. The van der Waals surface area contributed by atoms with E-state index >= 15 is 0 Å². The SMILES string of the molecule is CCC(OC1CCN(C)CC1)c1ccccc1. The molecular weight excluding hydrogens is 210 g/mol. The zero-order valence-electron chi connectivity index (χ0n) is 10.9. The number of hydrogen-bond acceptors (Lipinski definition) is 2. The van der Waals surface area contributed by atoms with Gasteiger partial charge in [-0.1, -0.05) is 37.3 Å². The predicted octanol–water partition coefficient (Wildman–Crippen LogP) is 3.25. The molecule has 17 heavy (non-hydrogen) atoms. The second kappa shape index (κ2) is 6.18. The standard InChI is InChI=1S/C15H23NO/c1-3-15(13-7-5-4-6-8-13)17-14-9-11-16(2)12-10-14/h4-8,14-15H,3,9-12H2,1-2H3. The van der Waals surface area contributed by atoms with Crippen LogP contribution >= 0.6 is 0 Å². The molecule has 0 spiro atoms. The van der Waals surface area contributed by atoms with Crippen LogP contribution in [0, 0.1) is 0 Å². The molecule has 0 amide bonds. The maximum Gasteiger partial charge on any atom is 0.0826 e. The minimum Gasteiger partial charge on any atom is -0.370 e. The van der Waals surface area contributed by atoms with Crippen molar-refractivity contribution in [3.63, 3.8) is 0 Å². The van der Waals surface area contributed by atoms with Gasteiger partial charge in [-0.15, -0.1) is 0 Å². The first-order valence-electron chi connectivity index (χ1n) is 6.68. The van der Waals surface area contributed by atoms with Gasteiger partial charge in [0.15, 0.2) is 0 Å². The summed E-state index contributed by atoms with van der Waals surface area (Å²) < 4.78 is 6.25. The Labute approximate surface area is 105 Å². The van der Waals surface area contributed by atoms with Gasteiger partial charge in [-0.05, 0) is 31.9 Å². The van der Waals surface area contributed by atoms with Crippen LogP contribution < -0.4 is 0 Å². The molecule has 1 heterocycles. The molecule has 1 aromatic rings. The van der Waals surface area contributed by atoms with Crippen LogP contribution in [-0.2, 0) is 4.74 Å². The lowest BCUT2D eigenvalue weighted by atomic mass is 10.0. The molecule has 2 nitrogen and oxygen atoms in total. The van der Waals surface area contributed by atoms with Gasteiger partial charge in [0.1, 0.15) is 0 Å². The number of piperidine rings is 1. The Morgan fingerprint density at radius 3 is 2.47 bits per heavy atom. The maximum atomic E-state index is 6.25. The van der Waals surface area contributed by atoms with Crippen molar-refractivity contribution >= 4 is 0 Å². The molecule has 1 aliphatic heterocycles. The lowest BCUT2D eigenvalue weighted by Crippen LogP contribution is -2.34. The molecule has 94 valence electrons. The highest BCUT2D eigenvalue weighted by molar-refractivity contribution is 5.17. The van der Waals surface area contributed by atoms with E-state index in [0.717, 1.165) is 19.5 Å². The van der Waals surface area contributed by atoms with Gasteiger partial charge in [0, 0.05) is 13.1 Å². The number of benzene rings is 1. The van der Waals surface area contributed by atoms with E-state index in [1.807, 2.05) is 0 Å². The molecule has 0 N–H and O–H groups in total. The van der Waals surface area contributed by atoms with Crippen LogP contribution in [0.5, 0.6) is 0 Å². The summed E-state index contributed by atoms with van der Waals surface area (Å²) in [6.45, 7) is 4.53. The zero-order chi connectivity index (χ0) is 12.1. The third kappa shape index (κ3) is 3.55. The Morgan fingerprint density at radius 1 is 1.24 bits per heavy atom. The predicted molar refractivity (Wildman–Crippen MR) is 71.1 cm³/mol. The van der Waals surface area contributed by atoms with Crippen LogP contribution in [0.3, 0.4) is 0 Å². The highest BCUT2D eigenvalue weighted by Crippen LogP contribution is 2.25. The van der Waals surface area contributed by atoms with E-state index in [1.165, 1.54) is 18.4 Å². The molecule has 1 aliphatic rings. The first-order chi connectivity index (χ1) is 8.29. The van der Waals surface area contributed by atoms with Gasteiger partial charge in [-0.3, -0.25) is 0 Å². The number of hydrogen-bond donors (Lipinski definition) is 0.